The third-order valence-corrected chi connectivity index (χ3v) is 4.28. The highest BCUT2D eigenvalue weighted by Gasteiger charge is 2.20. The summed E-state index contributed by atoms with van der Waals surface area (Å²) in [5.74, 6) is 1.02. The summed E-state index contributed by atoms with van der Waals surface area (Å²) in [6.45, 7) is 2.08. The van der Waals surface area contributed by atoms with E-state index in [0.29, 0.717) is 29.2 Å². The number of aromatic amines is 1. The standard InChI is InChI=1S/C13H18N4O3S/c1-3-11-15-8-12(16-11)21(18,19)17-13-9(7-14)5-4-6-10(13)20-2/h4-6,8,17H,3,7,14H2,1-2H3,(H,15,16). The van der Waals surface area contributed by atoms with Crippen LogP contribution in [0.4, 0.5) is 5.69 Å². The Hall–Kier alpha value is -2.06. The summed E-state index contributed by atoms with van der Waals surface area (Å²) in [7, 11) is -2.30. The summed E-state index contributed by atoms with van der Waals surface area (Å²) in [6.07, 6.45) is 1.91. The SMILES string of the molecule is CCc1ncc(S(=O)(=O)Nc2c(CN)cccc2OC)[nH]1. The van der Waals surface area contributed by atoms with E-state index in [9.17, 15) is 8.42 Å². The lowest BCUT2D eigenvalue weighted by Gasteiger charge is -2.14. The van der Waals surface area contributed by atoms with Crippen LogP contribution in [-0.2, 0) is 23.0 Å². The quantitative estimate of drug-likeness (QED) is 0.743. The molecule has 0 aliphatic rings. The number of hydrogen-bond acceptors (Lipinski definition) is 5. The van der Waals surface area contributed by atoms with Crippen molar-refractivity contribution in [3.8, 4) is 5.75 Å². The first-order chi connectivity index (χ1) is 10.0. The minimum Gasteiger partial charge on any atom is -0.495 e. The molecule has 2 aromatic rings. The summed E-state index contributed by atoms with van der Waals surface area (Å²) in [5.41, 5.74) is 6.64. The molecule has 0 radical (unpaired) electrons. The third-order valence-electron chi connectivity index (χ3n) is 3.02. The van der Waals surface area contributed by atoms with Crippen LogP contribution < -0.4 is 15.2 Å². The lowest BCUT2D eigenvalue weighted by atomic mass is 10.1. The van der Waals surface area contributed by atoms with Crippen molar-refractivity contribution in [1.82, 2.24) is 9.97 Å². The van der Waals surface area contributed by atoms with Crippen molar-refractivity contribution in [1.29, 1.82) is 0 Å². The van der Waals surface area contributed by atoms with Gasteiger partial charge in [-0.3, -0.25) is 4.72 Å². The Kier molecular flexibility index (Phi) is 4.49. The molecule has 0 aliphatic carbocycles. The van der Waals surface area contributed by atoms with Crippen molar-refractivity contribution in [2.75, 3.05) is 11.8 Å². The van der Waals surface area contributed by atoms with Gasteiger partial charge in [-0.25, -0.2) is 4.98 Å². The molecule has 0 spiro atoms. The molecule has 2 rings (SSSR count). The first-order valence-corrected chi connectivity index (χ1v) is 7.92. The molecule has 0 saturated carbocycles. The Morgan fingerprint density at radius 3 is 2.76 bits per heavy atom. The van der Waals surface area contributed by atoms with Gasteiger partial charge in [0.25, 0.3) is 10.0 Å². The van der Waals surface area contributed by atoms with Crippen LogP contribution in [0.25, 0.3) is 0 Å². The largest absolute Gasteiger partial charge is 0.495 e. The Labute approximate surface area is 123 Å². The average Bonchev–Trinajstić information content (AvgIpc) is 2.97. The highest BCUT2D eigenvalue weighted by Crippen LogP contribution is 2.30. The average molecular weight is 310 g/mol. The van der Waals surface area contributed by atoms with E-state index in [1.54, 1.807) is 18.2 Å². The monoisotopic (exact) mass is 310 g/mol. The zero-order valence-corrected chi connectivity index (χ0v) is 12.7. The normalized spacial score (nSPS) is 11.4. The van der Waals surface area contributed by atoms with Gasteiger partial charge in [-0.15, -0.1) is 0 Å². The van der Waals surface area contributed by atoms with Gasteiger partial charge in [-0.2, -0.15) is 8.42 Å². The maximum atomic E-state index is 12.4. The Balaban J connectivity index is 2.40. The Bertz CT molecular complexity index is 703. The minimum atomic E-state index is -3.77. The number of methoxy groups -OCH3 is 1. The number of hydrogen-bond donors (Lipinski definition) is 3. The van der Waals surface area contributed by atoms with Crippen molar-refractivity contribution >= 4 is 15.7 Å². The molecule has 0 amide bonds. The Morgan fingerprint density at radius 1 is 1.43 bits per heavy atom. The van der Waals surface area contributed by atoms with Gasteiger partial charge in [-0.05, 0) is 11.6 Å². The maximum Gasteiger partial charge on any atom is 0.279 e. The summed E-state index contributed by atoms with van der Waals surface area (Å²) in [5, 5.41) is 0.00762. The Morgan fingerprint density at radius 2 is 2.19 bits per heavy atom. The van der Waals surface area contributed by atoms with Crippen molar-refractivity contribution in [3.05, 3.63) is 35.8 Å². The molecule has 0 unspecified atom stereocenters. The van der Waals surface area contributed by atoms with Gasteiger partial charge >= 0.3 is 0 Å². The first-order valence-electron chi connectivity index (χ1n) is 6.44. The molecule has 0 saturated heterocycles. The van der Waals surface area contributed by atoms with Gasteiger partial charge in [0, 0.05) is 13.0 Å². The fourth-order valence-corrected chi connectivity index (χ4v) is 2.94. The molecule has 0 atom stereocenters. The van der Waals surface area contributed by atoms with Gasteiger partial charge < -0.3 is 15.5 Å². The van der Waals surface area contributed by atoms with Crippen LogP contribution in [0, 0.1) is 0 Å². The van der Waals surface area contributed by atoms with Crippen LogP contribution in [-0.4, -0.2) is 25.5 Å². The number of aryl methyl sites for hydroxylation is 1. The number of anilines is 1. The fraction of sp³-hybridized carbons (Fsp3) is 0.308. The lowest BCUT2D eigenvalue weighted by molar-refractivity contribution is 0.416. The van der Waals surface area contributed by atoms with Crippen LogP contribution in [0.1, 0.15) is 18.3 Å². The number of ether oxygens (including phenoxy) is 1. The zero-order valence-electron chi connectivity index (χ0n) is 11.9. The second-order valence-electron chi connectivity index (χ2n) is 4.35. The van der Waals surface area contributed by atoms with Crippen molar-refractivity contribution in [2.45, 2.75) is 24.9 Å². The smallest absolute Gasteiger partial charge is 0.279 e. The van der Waals surface area contributed by atoms with E-state index in [-0.39, 0.29) is 11.6 Å². The molecule has 114 valence electrons. The molecule has 1 aromatic heterocycles. The van der Waals surface area contributed by atoms with Gasteiger partial charge in [0.2, 0.25) is 0 Å². The highest BCUT2D eigenvalue weighted by atomic mass is 32.2. The molecule has 1 heterocycles. The van der Waals surface area contributed by atoms with Crippen molar-refractivity contribution < 1.29 is 13.2 Å². The third kappa shape index (κ3) is 3.17. The van der Waals surface area contributed by atoms with E-state index in [4.69, 9.17) is 10.5 Å². The number of imidazole rings is 1. The van der Waals surface area contributed by atoms with Crippen LogP contribution in [0.5, 0.6) is 5.75 Å². The number of nitrogens with two attached hydrogens (primary N) is 1. The number of nitrogens with one attached hydrogen (secondary N) is 2. The summed E-state index contributed by atoms with van der Waals surface area (Å²) in [4.78, 5) is 6.76. The van der Waals surface area contributed by atoms with E-state index >= 15 is 0 Å². The number of benzene rings is 1. The maximum absolute atomic E-state index is 12.4. The molecule has 7 nitrogen and oxygen atoms in total. The van der Waals surface area contributed by atoms with Crippen LogP contribution in [0.15, 0.2) is 29.4 Å². The molecule has 8 heteroatoms. The van der Waals surface area contributed by atoms with E-state index in [1.165, 1.54) is 13.3 Å². The van der Waals surface area contributed by atoms with Gasteiger partial charge in [0.15, 0.2) is 5.03 Å². The molecule has 21 heavy (non-hydrogen) atoms. The topological polar surface area (TPSA) is 110 Å². The van der Waals surface area contributed by atoms with E-state index in [2.05, 4.69) is 14.7 Å². The predicted molar refractivity (Wildman–Crippen MR) is 79.7 cm³/mol. The summed E-state index contributed by atoms with van der Waals surface area (Å²) in [6, 6.07) is 5.16. The zero-order chi connectivity index (χ0) is 15.5. The molecule has 4 N–H and O–H groups in total. The molecule has 0 aliphatic heterocycles. The van der Waals surface area contributed by atoms with Crippen LogP contribution >= 0.6 is 0 Å². The number of aromatic nitrogens is 2. The second-order valence-corrected chi connectivity index (χ2v) is 6.00. The number of para-hydroxylation sites is 1. The fourth-order valence-electron chi connectivity index (χ4n) is 1.88. The van der Waals surface area contributed by atoms with E-state index in [1.807, 2.05) is 6.92 Å². The van der Waals surface area contributed by atoms with Crippen LogP contribution in [0.2, 0.25) is 0 Å². The molecular weight excluding hydrogens is 292 g/mol. The van der Waals surface area contributed by atoms with E-state index in [0.717, 1.165) is 0 Å². The molecule has 0 fully saturated rings. The lowest BCUT2D eigenvalue weighted by Crippen LogP contribution is -2.16. The van der Waals surface area contributed by atoms with Crippen LogP contribution in [0.3, 0.4) is 0 Å². The number of rotatable bonds is 6. The second kappa shape index (κ2) is 6.15. The predicted octanol–water partition coefficient (Wildman–Crippen LogP) is 1.24. The first kappa shape index (κ1) is 15.3. The van der Waals surface area contributed by atoms with Gasteiger partial charge in [0.05, 0.1) is 19.0 Å². The van der Waals surface area contributed by atoms with E-state index < -0.39 is 10.0 Å². The number of sulfonamides is 1. The molecule has 1 aromatic carbocycles. The minimum absolute atomic E-state index is 0.00762. The summed E-state index contributed by atoms with van der Waals surface area (Å²) < 4.78 is 32.5. The highest BCUT2D eigenvalue weighted by molar-refractivity contribution is 7.92. The van der Waals surface area contributed by atoms with Crippen molar-refractivity contribution in [3.63, 3.8) is 0 Å². The number of H-pyrrole nitrogens is 1. The number of nitrogens with zero attached hydrogens (tertiary/aromatic N) is 1. The molecule has 0 bridgehead atoms. The van der Waals surface area contributed by atoms with Crippen molar-refractivity contribution in [2.24, 2.45) is 5.73 Å². The molecular formula is C13H18N4O3S. The van der Waals surface area contributed by atoms with Gasteiger partial charge in [-0.1, -0.05) is 19.1 Å². The van der Waals surface area contributed by atoms with Gasteiger partial charge in [0.1, 0.15) is 11.6 Å². The summed E-state index contributed by atoms with van der Waals surface area (Å²) >= 11 is 0.